The summed E-state index contributed by atoms with van der Waals surface area (Å²) >= 11 is 0. The van der Waals surface area contributed by atoms with Gasteiger partial charge in [-0.05, 0) is 36.4 Å². The Labute approximate surface area is 137 Å². The van der Waals surface area contributed by atoms with Crippen molar-refractivity contribution in [3.05, 3.63) is 60.7 Å². The van der Waals surface area contributed by atoms with Crippen LogP contribution < -0.4 is 10.1 Å². The van der Waals surface area contributed by atoms with E-state index in [0.717, 1.165) is 5.56 Å². The van der Waals surface area contributed by atoms with E-state index < -0.39 is 0 Å². The first-order valence-electron chi connectivity index (χ1n) is 7.24. The van der Waals surface area contributed by atoms with Crippen LogP contribution in [0, 0.1) is 5.82 Å². The fourth-order valence-corrected chi connectivity index (χ4v) is 2.16. The maximum atomic E-state index is 12.8. The molecule has 1 amide bonds. The van der Waals surface area contributed by atoms with E-state index in [9.17, 15) is 9.18 Å². The summed E-state index contributed by atoms with van der Waals surface area (Å²) in [6.07, 6.45) is 1.61. The molecule has 0 radical (unpaired) electrons. The summed E-state index contributed by atoms with van der Waals surface area (Å²) in [5, 5.41) is 10.6. The van der Waals surface area contributed by atoms with Gasteiger partial charge < -0.3 is 14.6 Å². The quantitative estimate of drug-likeness (QED) is 0.782. The molecule has 2 aromatic carbocycles. The molecule has 24 heavy (non-hydrogen) atoms. The highest BCUT2D eigenvalue weighted by atomic mass is 19.1. The van der Waals surface area contributed by atoms with Gasteiger partial charge in [-0.25, -0.2) is 4.39 Å². The van der Waals surface area contributed by atoms with Crippen molar-refractivity contribution >= 4 is 11.6 Å². The zero-order valence-corrected chi connectivity index (χ0v) is 12.9. The van der Waals surface area contributed by atoms with Crippen LogP contribution in [0.15, 0.2) is 54.9 Å². The molecule has 1 heterocycles. The van der Waals surface area contributed by atoms with Gasteiger partial charge in [0, 0.05) is 18.3 Å². The van der Waals surface area contributed by atoms with Crippen molar-refractivity contribution < 1.29 is 13.9 Å². The monoisotopic (exact) mass is 326 g/mol. The Balaban J connectivity index is 1.62. The van der Waals surface area contributed by atoms with E-state index in [1.54, 1.807) is 23.0 Å². The van der Waals surface area contributed by atoms with E-state index in [1.165, 1.54) is 24.3 Å². The predicted octanol–water partition coefficient (Wildman–Crippen LogP) is 2.64. The van der Waals surface area contributed by atoms with Gasteiger partial charge in [0.05, 0.1) is 0 Å². The van der Waals surface area contributed by atoms with E-state index in [0.29, 0.717) is 17.3 Å². The second kappa shape index (κ2) is 6.91. The van der Waals surface area contributed by atoms with Crippen LogP contribution in [-0.4, -0.2) is 27.3 Å². The third-order valence-corrected chi connectivity index (χ3v) is 3.30. The van der Waals surface area contributed by atoms with E-state index in [4.69, 9.17) is 4.74 Å². The Morgan fingerprint density at radius 3 is 2.75 bits per heavy atom. The molecular weight excluding hydrogens is 311 g/mol. The minimum Gasteiger partial charge on any atom is -0.484 e. The highest BCUT2D eigenvalue weighted by molar-refractivity contribution is 5.92. The number of anilines is 1. The highest BCUT2D eigenvalue weighted by Gasteiger charge is 2.08. The van der Waals surface area contributed by atoms with Crippen LogP contribution in [0.1, 0.15) is 0 Å². The van der Waals surface area contributed by atoms with Gasteiger partial charge in [0.2, 0.25) is 0 Å². The van der Waals surface area contributed by atoms with Crippen molar-refractivity contribution in [2.75, 3.05) is 11.9 Å². The van der Waals surface area contributed by atoms with Crippen molar-refractivity contribution in [1.82, 2.24) is 14.8 Å². The molecule has 0 bridgehead atoms. The molecule has 7 heteroatoms. The molecule has 0 saturated heterocycles. The molecule has 0 atom stereocenters. The molecule has 0 aliphatic rings. The number of amides is 1. The predicted molar refractivity (Wildman–Crippen MR) is 87.0 cm³/mol. The van der Waals surface area contributed by atoms with Crippen LogP contribution in [0.2, 0.25) is 0 Å². The molecule has 0 fully saturated rings. The van der Waals surface area contributed by atoms with Crippen LogP contribution >= 0.6 is 0 Å². The zero-order chi connectivity index (χ0) is 16.9. The number of hydrogen-bond acceptors (Lipinski definition) is 4. The van der Waals surface area contributed by atoms with Crippen LogP contribution in [0.4, 0.5) is 10.1 Å². The lowest BCUT2D eigenvalue weighted by molar-refractivity contribution is -0.118. The van der Waals surface area contributed by atoms with E-state index >= 15 is 0 Å². The van der Waals surface area contributed by atoms with E-state index in [2.05, 4.69) is 15.5 Å². The number of hydrogen-bond donors (Lipinski definition) is 1. The van der Waals surface area contributed by atoms with Gasteiger partial charge in [0.1, 0.15) is 17.9 Å². The van der Waals surface area contributed by atoms with E-state index in [-0.39, 0.29) is 18.3 Å². The number of aryl methyl sites for hydroxylation is 1. The maximum Gasteiger partial charge on any atom is 0.262 e. The second-order valence-corrected chi connectivity index (χ2v) is 5.14. The van der Waals surface area contributed by atoms with Crippen molar-refractivity contribution in [2.24, 2.45) is 7.05 Å². The molecule has 3 aromatic rings. The number of ether oxygens (including phenoxy) is 1. The molecule has 0 spiro atoms. The lowest BCUT2D eigenvalue weighted by atomic mass is 10.2. The van der Waals surface area contributed by atoms with Gasteiger partial charge in [0.25, 0.3) is 5.91 Å². The van der Waals surface area contributed by atoms with Crippen molar-refractivity contribution in [1.29, 1.82) is 0 Å². The first-order valence-corrected chi connectivity index (χ1v) is 7.24. The van der Waals surface area contributed by atoms with Gasteiger partial charge in [-0.3, -0.25) is 4.79 Å². The Hall–Kier alpha value is -3.22. The third kappa shape index (κ3) is 3.75. The van der Waals surface area contributed by atoms with Gasteiger partial charge in [-0.2, -0.15) is 0 Å². The Kier molecular flexibility index (Phi) is 4.51. The SMILES string of the molecule is Cn1cnnc1-c1cccc(NC(=O)COc2ccc(F)cc2)c1. The van der Waals surface area contributed by atoms with Crippen LogP contribution in [0.25, 0.3) is 11.4 Å². The van der Waals surface area contributed by atoms with Crippen molar-refractivity contribution in [3.63, 3.8) is 0 Å². The number of halogens is 1. The first kappa shape index (κ1) is 15.7. The molecule has 1 N–H and O–H groups in total. The summed E-state index contributed by atoms with van der Waals surface area (Å²) in [4.78, 5) is 12.0. The molecule has 3 rings (SSSR count). The van der Waals surface area contributed by atoms with Crippen molar-refractivity contribution in [3.8, 4) is 17.1 Å². The van der Waals surface area contributed by atoms with Crippen molar-refractivity contribution in [2.45, 2.75) is 0 Å². The Bertz CT molecular complexity index is 846. The average Bonchev–Trinajstić information content (AvgIpc) is 3.01. The van der Waals surface area contributed by atoms with Gasteiger partial charge in [-0.15, -0.1) is 10.2 Å². The highest BCUT2D eigenvalue weighted by Crippen LogP contribution is 2.20. The zero-order valence-electron chi connectivity index (χ0n) is 12.9. The summed E-state index contributed by atoms with van der Waals surface area (Å²) in [5.41, 5.74) is 1.47. The lowest BCUT2D eigenvalue weighted by Gasteiger charge is -2.09. The lowest BCUT2D eigenvalue weighted by Crippen LogP contribution is -2.20. The van der Waals surface area contributed by atoms with Gasteiger partial charge in [-0.1, -0.05) is 12.1 Å². The minimum absolute atomic E-state index is 0.167. The molecule has 1 aromatic heterocycles. The van der Waals surface area contributed by atoms with E-state index in [1.807, 2.05) is 19.2 Å². The number of carbonyl (C=O) groups is 1. The van der Waals surface area contributed by atoms with Crippen LogP contribution in [0.3, 0.4) is 0 Å². The summed E-state index contributed by atoms with van der Waals surface area (Å²) < 4.78 is 19.9. The second-order valence-electron chi connectivity index (χ2n) is 5.14. The summed E-state index contributed by atoms with van der Waals surface area (Å²) in [6.45, 7) is -0.167. The summed E-state index contributed by atoms with van der Waals surface area (Å²) in [5.74, 6) is 0.467. The average molecular weight is 326 g/mol. The molecule has 0 unspecified atom stereocenters. The smallest absolute Gasteiger partial charge is 0.262 e. The Morgan fingerprint density at radius 1 is 1.25 bits per heavy atom. The van der Waals surface area contributed by atoms with Gasteiger partial charge >= 0.3 is 0 Å². The first-order chi connectivity index (χ1) is 11.6. The molecule has 0 aliphatic heterocycles. The standard InChI is InChI=1S/C17H15FN4O2/c1-22-11-19-21-17(22)12-3-2-4-14(9-12)20-16(23)10-24-15-7-5-13(18)6-8-15/h2-9,11H,10H2,1H3,(H,20,23). The largest absolute Gasteiger partial charge is 0.484 e. The molecule has 0 saturated carbocycles. The molecule has 0 aliphatic carbocycles. The topological polar surface area (TPSA) is 69.0 Å². The summed E-state index contributed by atoms with van der Waals surface area (Å²) in [7, 11) is 1.84. The van der Waals surface area contributed by atoms with Gasteiger partial charge in [0.15, 0.2) is 12.4 Å². The number of benzene rings is 2. The number of aromatic nitrogens is 3. The fraction of sp³-hybridized carbons (Fsp3) is 0.118. The maximum absolute atomic E-state index is 12.8. The summed E-state index contributed by atoms with van der Waals surface area (Å²) in [6, 6.07) is 12.8. The number of carbonyl (C=O) groups excluding carboxylic acids is 1. The number of nitrogens with one attached hydrogen (secondary N) is 1. The van der Waals surface area contributed by atoms with Crippen LogP contribution in [0.5, 0.6) is 5.75 Å². The number of nitrogens with zero attached hydrogens (tertiary/aromatic N) is 3. The molecular formula is C17H15FN4O2. The molecule has 122 valence electrons. The minimum atomic E-state index is -0.354. The normalized spacial score (nSPS) is 10.4. The number of rotatable bonds is 5. The third-order valence-electron chi connectivity index (χ3n) is 3.30. The fourth-order valence-electron chi connectivity index (χ4n) is 2.16. The molecule has 6 nitrogen and oxygen atoms in total. The Morgan fingerprint density at radius 2 is 2.04 bits per heavy atom. The van der Waals surface area contributed by atoms with Crippen LogP contribution in [-0.2, 0) is 11.8 Å².